The first kappa shape index (κ1) is 28.1. The van der Waals surface area contributed by atoms with Crippen molar-refractivity contribution in [3.8, 4) is 0 Å². The summed E-state index contributed by atoms with van der Waals surface area (Å²) >= 11 is 0. The topological polar surface area (TPSA) is 3.24 Å². The number of aryl methyl sites for hydroxylation is 1. The van der Waals surface area contributed by atoms with Crippen molar-refractivity contribution in [2.24, 2.45) is 0 Å². The maximum atomic E-state index is 5.46. The Labute approximate surface area is 241 Å². The van der Waals surface area contributed by atoms with E-state index in [4.69, 9.17) is 6.58 Å². The van der Waals surface area contributed by atoms with E-state index in [9.17, 15) is 0 Å². The van der Waals surface area contributed by atoms with Crippen LogP contribution in [0.4, 0.5) is 11.4 Å². The fourth-order valence-electron chi connectivity index (χ4n) is 1.76. The smallest absolute Gasteiger partial charge is 0.390 e. The molecule has 101 valence electrons. The first-order valence-corrected chi connectivity index (χ1v) is 5.49. The molecular formula is C17H17NRb2Re-2. The molecule has 0 atom stereocenters. The Bertz CT molecular complexity index is 527. The number of benzene rings is 2. The Kier molecular flexibility index (Phi) is 19.5. The zero-order valence-corrected chi connectivity index (χ0v) is 26.0. The van der Waals surface area contributed by atoms with Crippen molar-refractivity contribution in [3.63, 3.8) is 0 Å². The first-order chi connectivity index (χ1) is 8.22. The molecule has 0 saturated heterocycles. The summed E-state index contributed by atoms with van der Waals surface area (Å²) in [6.45, 7) is 7.52. The summed E-state index contributed by atoms with van der Waals surface area (Å²) in [6.07, 6.45) is 1.60. The summed E-state index contributed by atoms with van der Waals surface area (Å²) in [7, 11) is 2.03. The summed E-state index contributed by atoms with van der Waals surface area (Å²) < 4.78 is 0. The van der Waals surface area contributed by atoms with Crippen molar-refractivity contribution in [1.29, 1.82) is 0 Å². The van der Waals surface area contributed by atoms with Crippen LogP contribution < -0.4 is 121 Å². The molecule has 0 spiro atoms. The van der Waals surface area contributed by atoms with Crippen LogP contribution in [0.2, 0.25) is 0 Å². The molecule has 4 heteroatoms. The second-order valence-corrected chi connectivity index (χ2v) is 3.95. The van der Waals surface area contributed by atoms with Gasteiger partial charge in [0, 0.05) is 33.2 Å². The van der Waals surface area contributed by atoms with Gasteiger partial charge in [0.2, 0.25) is 0 Å². The van der Waals surface area contributed by atoms with Crippen molar-refractivity contribution >= 4 is 17.5 Å². The number of nitrogens with zero attached hydrogens (tertiary/aromatic N) is 1. The van der Waals surface area contributed by atoms with Crippen LogP contribution in [-0.2, 0) is 20.4 Å². The molecule has 0 bridgehead atoms. The molecule has 1 radical (unpaired) electrons. The predicted octanol–water partition coefficient (Wildman–Crippen LogP) is -1.73. The number of anilines is 2. The van der Waals surface area contributed by atoms with E-state index in [1.165, 1.54) is 0 Å². The molecule has 0 heterocycles. The van der Waals surface area contributed by atoms with Crippen molar-refractivity contribution in [3.05, 3.63) is 73.7 Å². The van der Waals surface area contributed by atoms with Gasteiger partial charge in [-0.25, -0.2) is 6.08 Å². The van der Waals surface area contributed by atoms with Crippen LogP contribution >= 0.6 is 0 Å². The number of rotatable bonds is 3. The van der Waals surface area contributed by atoms with Gasteiger partial charge in [-0.05, 0) is 0 Å². The molecule has 0 aromatic heterocycles. The molecule has 0 fully saturated rings. The zero-order chi connectivity index (χ0) is 12.3. The van der Waals surface area contributed by atoms with Gasteiger partial charge in [-0.15, -0.1) is 19.1 Å². The standard InChI is InChI=1S/C16H14N.CH3.2Rb.Re/c1-4-14-9-11-15(12-10-14)17(3)16-8-6-5-7-13(16)2;;;;/h1,4,6-7,9-12H,2-3H3;1H3;;;/q-3;-1;2*+1;. The van der Waals surface area contributed by atoms with E-state index in [0.29, 0.717) is 0 Å². The molecule has 0 N–H and O–H groups in total. The van der Waals surface area contributed by atoms with Crippen LogP contribution in [-0.4, -0.2) is 7.05 Å². The van der Waals surface area contributed by atoms with Gasteiger partial charge < -0.3 is 30.5 Å². The summed E-state index contributed by atoms with van der Waals surface area (Å²) in [4.78, 5) is 2.10. The van der Waals surface area contributed by atoms with Crippen molar-refractivity contribution in [2.75, 3.05) is 11.9 Å². The Morgan fingerprint density at radius 3 is 2.19 bits per heavy atom. The fourth-order valence-corrected chi connectivity index (χ4v) is 1.76. The van der Waals surface area contributed by atoms with Crippen LogP contribution in [0.3, 0.4) is 0 Å². The molecule has 21 heavy (non-hydrogen) atoms. The van der Waals surface area contributed by atoms with E-state index in [1.807, 2.05) is 37.4 Å². The average Bonchev–Trinajstić information content (AvgIpc) is 2.39. The maximum absolute atomic E-state index is 5.46. The molecule has 0 aliphatic rings. The van der Waals surface area contributed by atoms with E-state index < -0.39 is 0 Å². The molecule has 0 unspecified atom stereocenters. The molecular weight excluding hydrogens is 575 g/mol. The van der Waals surface area contributed by atoms with E-state index in [0.717, 1.165) is 22.5 Å². The van der Waals surface area contributed by atoms with E-state index in [1.54, 1.807) is 12.1 Å². The Hall–Kier alpha value is 2.25. The van der Waals surface area contributed by atoms with E-state index >= 15 is 0 Å². The zero-order valence-electron chi connectivity index (χ0n) is 13.4. The van der Waals surface area contributed by atoms with Gasteiger partial charge in [0.15, 0.2) is 0 Å². The Balaban J connectivity index is -0.000000810. The summed E-state index contributed by atoms with van der Waals surface area (Å²) in [6, 6.07) is 18.1. The maximum Gasteiger partial charge on any atom is 1.00 e. The molecule has 2 aromatic carbocycles. The van der Waals surface area contributed by atoms with Crippen LogP contribution in [0.1, 0.15) is 11.1 Å². The Morgan fingerprint density at radius 2 is 1.71 bits per heavy atom. The van der Waals surface area contributed by atoms with Crippen molar-refractivity contribution in [2.45, 2.75) is 6.92 Å². The third-order valence-corrected chi connectivity index (χ3v) is 2.77. The average molecular weight is 592 g/mol. The molecule has 2 rings (SSSR count). The second kappa shape index (κ2) is 14.6. The van der Waals surface area contributed by atoms with Crippen molar-refractivity contribution in [1.82, 2.24) is 0 Å². The van der Waals surface area contributed by atoms with Crippen LogP contribution in [0.25, 0.3) is 6.08 Å². The molecule has 0 aliphatic carbocycles. The van der Waals surface area contributed by atoms with E-state index in [2.05, 4.69) is 24.0 Å². The molecule has 2 aromatic rings. The molecule has 1 nitrogen and oxygen atoms in total. The van der Waals surface area contributed by atoms with Gasteiger partial charge in [0.1, 0.15) is 0 Å². The van der Waals surface area contributed by atoms with Gasteiger partial charge in [-0.2, -0.15) is 11.3 Å². The first-order valence-electron chi connectivity index (χ1n) is 5.49. The summed E-state index contributed by atoms with van der Waals surface area (Å²) in [5.74, 6) is 0. The minimum Gasteiger partial charge on any atom is -0.390 e. The van der Waals surface area contributed by atoms with Crippen LogP contribution in [0.15, 0.2) is 36.4 Å². The predicted molar refractivity (Wildman–Crippen MR) is 78.5 cm³/mol. The monoisotopic (exact) mass is 592 g/mol. The summed E-state index contributed by atoms with van der Waals surface area (Å²) in [5.41, 5.74) is 4.35. The second-order valence-electron chi connectivity index (χ2n) is 3.95. The van der Waals surface area contributed by atoms with Crippen molar-refractivity contribution < 1.29 is 137 Å². The van der Waals surface area contributed by atoms with Gasteiger partial charge in [-0.3, -0.25) is 18.2 Å². The quantitative estimate of drug-likeness (QED) is 0.384. The minimum atomic E-state index is 0. The van der Waals surface area contributed by atoms with E-state index in [-0.39, 0.29) is 144 Å². The largest absolute Gasteiger partial charge is 1.00 e. The Morgan fingerprint density at radius 1 is 1.14 bits per heavy atom. The van der Waals surface area contributed by atoms with Gasteiger partial charge in [0.05, 0.1) is 0 Å². The van der Waals surface area contributed by atoms with Gasteiger partial charge in [0.25, 0.3) is 0 Å². The number of hydrogen-bond acceptors (Lipinski definition) is 1. The minimum absolute atomic E-state index is 0. The normalized spacial score (nSPS) is 8.10. The molecule has 0 amide bonds. The van der Waals surface area contributed by atoms with Gasteiger partial charge >= 0.3 is 116 Å². The molecule has 0 saturated carbocycles. The number of hydrogen-bond donors (Lipinski definition) is 0. The summed E-state index contributed by atoms with van der Waals surface area (Å²) in [5, 5.41) is 0. The SMILES string of the molecule is [CH-]=Cc1ccc(N(C)c2[c-]c[c-]cc2C)cc1.[CH3-].[Rb+].[Rb+].[Re]. The van der Waals surface area contributed by atoms with Crippen LogP contribution in [0.5, 0.6) is 0 Å². The third-order valence-electron chi connectivity index (χ3n) is 2.77. The fraction of sp³-hybridized carbons (Fsp3) is 0.118. The van der Waals surface area contributed by atoms with Crippen LogP contribution in [0, 0.1) is 33.1 Å². The third kappa shape index (κ3) is 8.25. The molecule has 0 aliphatic heterocycles. The van der Waals surface area contributed by atoms with Gasteiger partial charge in [-0.1, -0.05) is 12.1 Å².